The molecule has 0 aliphatic carbocycles. The van der Waals surface area contributed by atoms with Gasteiger partial charge in [0.05, 0.1) is 33.0 Å². The average molecular weight is 519 g/mol. The first-order chi connectivity index (χ1) is 15.7. The number of esters is 1. The fourth-order valence-corrected chi connectivity index (χ4v) is 8.31. The van der Waals surface area contributed by atoms with Crippen LogP contribution in [0.2, 0.25) is 0 Å². The fourth-order valence-electron chi connectivity index (χ4n) is 2.85. The molecule has 0 aliphatic rings. The quantitative estimate of drug-likeness (QED) is 0.150. The summed E-state index contributed by atoms with van der Waals surface area (Å²) in [4.78, 5) is 24.6. The van der Waals surface area contributed by atoms with Gasteiger partial charge in [-0.3, -0.25) is 13.9 Å². The largest absolute Gasteiger partial charge is 0.428 e. The predicted molar refractivity (Wildman–Crippen MR) is 121 cm³/mol. The fraction of sp³-hybridized carbons (Fsp3) is 0.895. The summed E-state index contributed by atoms with van der Waals surface area (Å²) in [6.07, 6.45) is -0.448. The van der Waals surface area contributed by atoms with Crippen molar-refractivity contribution in [3.8, 4) is 0 Å². The van der Waals surface area contributed by atoms with Crippen LogP contribution in [-0.4, -0.2) is 80.4 Å². The third kappa shape index (κ3) is 11.3. The molecule has 1 N–H and O–H groups in total. The number of hydrogen-bond donors (Lipinski definition) is 1. The van der Waals surface area contributed by atoms with Gasteiger partial charge in [-0.2, -0.15) is 0 Å². The molecule has 0 fully saturated rings. The van der Waals surface area contributed by atoms with E-state index in [0.717, 1.165) is 0 Å². The van der Waals surface area contributed by atoms with Crippen LogP contribution in [0.4, 0.5) is 4.79 Å². The van der Waals surface area contributed by atoms with Gasteiger partial charge < -0.3 is 37.6 Å². The van der Waals surface area contributed by atoms with Crippen LogP contribution in [0.5, 0.6) is 0 Å². The Balaban J connectivity index is 5.48. The maximum atomic E-state index is 13.5. The van der Waals surface area contributed by atoms with Crippen LogP contribution in [0.3, 0.4) is 0 Å². The minimum Gasteiger partial charge on any atom is -0.428 e. The normalized spacial score (nSPS) is 12.1. The van der Waals surface area contributed by atoms with Crippen molar-refractivity contribution < 1.29 is 51.4 Å². The van der Waals surface area contributed by atoms with Gasteiger partial charge in [0.1, 0.15) is 0 Å². The summed E-state index contributed by atoms with van der Waals surface area (Å²) in [5.41, 5.74) is 0. The van der Waals surface area contributed by atoms with Crippen LogP contribution >= 0.6 is 15.2 Å². The van der Waals surface area contributed by atoms with E-state index < -0.39 is 39.4 Å². The molecule has 0 heterocycles. The second kappa shape index (κ2) is 17.4. The van der Waals surface area contributed by atoms with Crippen LogP contribution in [0.15, 0.2) is 0 Å². The van der Waals surface area contributed by atoms with E-state index in [0.29, 0.717) is 0 Å². The van der Waals surface area contributed by atoms with Crippen LogP contribution in [-0.2, 0) is 41.5 Å². The molecule has 14 heteroatoms. The number of ether oxygens (including phenoxy) is 2. The van der Waals surface area contributed by atoms with E-state index >= 15 is 0 Å². The highest BCUT2D eigenvalue weighted by Gasteiger charge is 2.50. The molecule has 0 atom stereocenters. The van der Waals surface area contributed by atoms with Crippen molar-refractivity contribution in [2.24, 2.45) is 0 Å². The smallest absolute Gasteiger partial charge is 0.412 e. The van der Waals surface area contributed by atoms with E-state index in [1.807, 2.05) is 0 Å². The molecule has 0 radical (unpaired) electrons. The zero-order chi connectivity index (χ0) is 25.3. The first kappa shape index (κ1) is 32.0. The van der Waals surface area contributed by atoms with Crippen molar-refractivity contribution in [1.29, 1.82) is 0 Å². The summed E-state index contributed by atoms with van der Waals surface area (Å²) in [7, 11) is -7.79. The lowest BCUT2D eigenvalue weighted by molar-refractivity contribution is -0.152. The van der Waals surface area contributed by atoms with Crippen molar-refractivity contribution in [3.05, 3.63) is 0 Å². The summed E-state index contributed by atoms with van der Waals surface area (Å²) in [5, 5.41) is 8.07. The molecule has 0 spiro atoms. The Morgan fingerprint density at radius 3 is 1.70 bits per heavy atom. The van der Waals surface area contributed by atoms with Crippen molar-refractivity contribution in [3.63, 3.8) is 0 Å². The lowest BCUT2D eigenvalue weighted by Crippen LogP contribution is -2.36. The molecule has 0 saturated heterocycles. The first-order valence-electron chi connectivity index (χ1n) is 11.1. The van der Waals surface area contributed by atoms with Gasteiger partial charge in [-0.1, -0.05) is 6.92 Å². The number of nitrogens with zero attached hydrogens (tertiary/aromatic N) is 1. The molecule has 0 bridgehead atoms. The van der Waals surface area contributed by atoms with E-state index in [-0.39, 0.29) is 65.4 Å². The van der Waals surface area contributed by atoms with E-state index in [1.165, 1.54) is 4.90 Å². The number of carbonyl (C=O) groups excluding carboxylic acids is 2. The van der Waals surface area contributed by atoms with Gasteiger partial charge in [-0.25, -0.2) is 4.79 Å². The molecule has 12 nitrogen and oxygen atoms in total. The van der Waals surface area contributed by atoms with Gasteiger partial charge in [-0.15, -0.1) is 0 Å². The maximum Gasteiger partial charge on any atom is 0.412 e. The Hall–Kier alpha value is -1.00. The van der Waals surface area contributed by atoms with Gasteiger partial charge in [0, 0.05) is 19.5 Å². The van der Waals surface area contributed by atoms with E-state index in [9.17, 15) is 23.8 Å². The molecule has 0 rings (SSSR count). The van der Waals surface area contributed by atoms with E-state index in [1.54, 1.807) is 34.6 Å². The molecule has 196 valence electrons. The van der Waals surface area contributed by atoms with Crippen LogP contribution in [0.1, 0.15) is 53.9 Å². The van der Waals surface area contributed by atoms with Gasteiger partial charge in [0.15, 0.2) is 5.40 Å². The molecule has 0 aromatic rings. The molecule has 1 amide bonds. The number of aliphatic hydroxyl groups is 1. The number of carbonyl (C=O) groups is 2. The highest BCUT2D eigenvalue weighted by atomic mass is 31.2. The van der Waals surface area contributed by atoms with Crippen molar-refractivity contribution in [2.75, 3.05) is 52.9 Å². The molecule has 0 aromatic carbocycles. The van der Waals surface area contributed by atoms with Crippen molar-refractivity contribution in [2.45, 2.75) is 59.3 Å². The zero-order valence-corrected chi connectivity index (χ0v) is 22.0. The molecule has 33 heavy (non-hydrogen) atoms. The average Bonchev–Trinajstić information content (AvgIpc) is 2.76. The van der Waals surface area contributed by atoms with Crippen molar-refractivity contribution >= 4 is 27.3 Å². The highest BCUT2D eigenvalue weighted by Crippen LogP contribution is 2.71. The third-order valence-electron chi connectivity index (χ3n) is 4.18. The van der Waals surface area contributed by atoms with Gasteiger partial charge >= 0.3 is 27.3 Å². The Morgan fingerprint density at radius 2 is 1.30 bits per heavy atom. The Morgan fingerprint density at radius 1 is 0.818 bits per heavy atom. The number of amides is 1. The summed E-state index contributed by atoms with van der Waals surface area (Å²) < 4.78 is 58.3. The monoisotopic (exact) mass is 519 g/mol. The second-order valence-electron chi connectivity index (χ2n) is 6.48. The molecular formula is C19H39NO11P2. The van der Waals surface area contributed by atoms with E-state index in [2.05, 4.69) is 0 Å². The second-order valence-corrected chi connectivity index (χ2v) is 11.3. The lowest BCUT2D eigenvalue weighted by Gasteiger charge is -2.31. The Kier molecular flexibility index (Phi) is 16.9. The van der Waals surface area contributed by atoms with Gasteiger partial charge in [0.2, 0.25) is 6.79 Å². The molecule has 0 aliphatic heterocycles. The van der Waals surface area contributed by atoms with Crippen molar-refractivity contribution in [1.82, 2.24) is 4.90 Å². The molecule has 0 saturated carbocycles. The van der Waals surface area contributed by atoms with Crippen LogP contribution in [0.25, 0.3) is 0 Å². The lowest BCUT2D eigenvalue weighted by atomic mass is 10.3. The molecule has 0 aromatic heterocycles. The maximum absolute atomic E-state index is 13.5. The first-order valence-corrected chi connectivity index (χ1v) is 14.4. The van der Waals surface area contributed by atoms with Gasteiger partial charge in [0.25, 0.3) is 0 Å². The number of rotatable bonds is 19. The Labute approximate surface area is 196 Å². The summed E-state index contributed by atoms with van der Waals surface area (Å²) >= 11 is 0. The van der Waals surface area contributed by atoms with E-state index in [4.69, 9.17) is 27.6 Å². The standard InChI is InChI=1S/C19H39NO11P2/c1-6-17(22)26-16-27-19(23)20(14-15-21)13-11-12-18(32(24,28-7-2)29-8-3)33(25,30-9-4)31-10-5/h18,21H,6-16H2,1-5H3. The zero-order valence-electron chi connectivity index (χ0n) is 20.2. The van der Waals surface area contributed by atoms with Crippen LogP contribution in [0, 0.1) is 0 Å². The minimum absolute atomic E-state index is 0.0224. The SMILES string of the molecule is CCOP(=O)(OCC)C(CCCN(CCO)C(=O)OCOC(=O)CC)P(=O)(OCC)OCC. The summed E-state index contributed by atoms with van der Waals surface area (Å²) in [5.74, 6) is -0.524. The molecular weight excluding hydrogens is 480 g/mol. The predicted octanol–water partition coefficient (Wildman–Crippen LogP) is 3.97. The molecule has 0 unspecified atom stereocenters. The van der Waals surface area contributed by atoms with Crippen LogP contribution < -0.4 is 0 Å². The topological polar surface area (TPSA) is 147 Å². The number of aliphatic hydroxyl groups excluding tert-OH is 1. The summed E-state index contributed by atoms with van der Waals surface area (Å²) in [6.45, 7) is 7.53. The Bertz CT molecular complexity index is 612. The minimum atomic E-state index is -3.90. The highest BCUT2D eigenvalue weighted by molar-refractivity contribution is 7.72. The third-order valence-corrected chi connectivity index (χ3v) is 10.3. The number of hydrogen-bond acceptors (Lipinski definition) is 11. The summed E-state index contributed by atoms with van der Waals surface area (Å²) in [6, 6.07) is 0. The van der Waals surface area contributed by atoms with Gasteiger partial charge in [-0.05, 0) is 40.5 Å².